The lowest BCUT2D eigenvalue weighted by atomic mass is 9.72. The SMILES string of the molecule is CC(C)(C)C1CCc2c(sc3nc(SCc4cccc(C#N)c4)[nH]c(=O)c23)C1. The zero-order valence-electron chi connectivity index (χ0n) is 16.3. The molecule has 0 saturated carbocycles. The van der Waals surface area contributed by atoms with Gasteiger partial charge in [0.25, 0.3) is 5.56 Å². The van der Waals surface area contributed by atoms with Gasteiger partial charge in [0.05, 0.1) is 17.0 Å². The maximum atomic E-state index is 12.8. The maximum Gasteiger partial charge on any atom is 0.260 e. The van der Waals surface area contributed by atoms with E-state index >= 15 is 0 Å². The van der Waals surface area contributed by atoms with Crippen molar-refractivity contribution in [2.24, 2.45) is 11.3 Å². The summed E-state index contributed by atoms with van der Waals surface area (Å²) in [6.07, 6.45) is 3.14. The molecule has 1 aliphatic carbocycles. The summed E-state index contributed by atoms with van der Waals surface area (Å²) in [5.74, 6) is 1.31. The summed E-state index contributed by atoms with van der Waals surface area (Å²) in [5.41, 5.74) is 3.17. The summed E-state index contributed by atoms with van der Waals surface area (Å²) >= 11 is 3.19. The van der Waals surface area contributed by atoms with Gasteiger partial charge < -0.3 is 4.98 Å². The molecule has 28 heavy (non-hydrogen) atoms. The molecule has 1 N–H and O–H groups in total. The molecular formula is C22H23N3OS2. The van der Waals surface area contributed by atoms with E-state index in [9.17, 15) is 4.79 Å². The van der Waals surface area contributed by atoms with E-state index in [1.54, 1.807) is 17.4 Å². The molecule has 0 bridgehead atoms. The van der Waals surface area contributed by atoms with Gasteiger partial charge in [0.2, 0.25) is 0 Å². The molecule has 0 saturated heterocycles. The van der Waals surface area contributed by atoms with Crippen molar-refractivity contribution in [3.8, 4) is 6.07 Å². The molecule has 0 fully saturated rings. The highest BCUT2D eigenvalue weighted by molar-refractivity contribution is 7.98. The smallest absolute Gasteiger partial charge is 0.260 e. The van der Waals surface area contributed by atoms with Crippen LogP contribution in [-0.2, 0) is 18.6 Å². The second-order valence-corrected chi connectivity index (χ2v) is 10.5. The number of aromatic nitrogens is 2. The van der Waals surface area contributed by atoms with Crippen LogP contribution in [0.15, 0.2) is 34.2 Å². The quantitative estimate of drug-likeness (QED) is 0.471. The van der Waals surface area contributed by atoms with Crippen molar-refractivity contribution in [1.29, 1.82) is 5.26 Å². The average molecular weight is 410 g/mol. The van der Waals surface area contributed by atoms with Crippen LogP contribution < -0.4 is 5.56 Å². The first-order valence-electron chi connectivity index (χ1n) is 9.51. The Morgan fingerprint density at radius 3 is 2.96 bits per heavy atom. The first-order valence-corrected chi connectivity index (χ1v) is 11.3. The van der Waals surface area contributed by atoms with Crippen LogP contribution in [0.25, 0.3) is 10.2 Å². The molecule has 0 aliphatic heterocycles. The van der Waals surface area contributed by atoms with Crippen molar-refractivity contribution >= 4 is 33.3 Å². The molecule has 0 amide bonds. The Kier molecular flexibility index (Phi) is 5.07. The van der Waals surface area contributed by atoms with E-state index in [0.29, 0.717) is 22.4 Å². The number of aryl methyl sites for hydroxylation is 1. The number of nitriles is 1. The molecule has 0 radical (unpaired) electrons. The number of thioether (sulfide) groups is 1. The zero-order valence-corrected chi connectivity index (χ0v) is 18.0. The lowest BCUT2D eigenvalue weighted by molar-refractivity contribution is 0.218. The minimum Gasteiger partial charge on any atom is -0.301 e. The Labute approximate surface area is 173 Å². The third kappa shape index (κ3) is 3.74. The number of fused-ring (bicyclic) bond motifs is 3. The van der Waals surface area contributed by atoms with Crippen LogP contribution in [-0.4, -0.2) is 9.97 Å². The molecular weight excluding hydrogens is 386 g/mol. The topological polar surface area (TPSA) is 69.5 Å². The highest BCUT2D eigenvalue weighted by atomic mass is 32.2. The summed E-state index contributed by atoms with van der Waals surface area (Å²) in [7, 11) is 0. The van der Waals surface area contributed by atoms with Crippen LogP contribution in [0.3, 0.4) is 0 Å². The normalized spacial score (nSPS) is 16.7. The largest absolute Gasteiger partial charge is 0.301 e. The van der Waals surface area contributed by atoms with Crippen molar-refractivity contribution in [2.75, 3.05) is 0 Å². The van der Waals surface area contributed by atoms with Crippen molar-refractivity contribution in [2.45, 2.75) is 50.9 Å². The van der Waals surface area contributed by atoms with E-state index in [1.807, 2.05) is 18.2 Å². The summed E-state index contributed by atoms with van der Waals surface area (Å²) in [4.78, 5) is 22.7. The molecule has 1 aromatic carbocycles. The van der Waals surface area contributed by atoms with Gasteiger partial charge in [0.15, 0.2) is 5.16 Å². The molecule has 3 aromatic rings. The van der Waals surface area contributed by atoms with Gasteiger partial charge in [-0.25, -0.2) is 4.98 Å². The van der Waals surface area contributed by atoms with E-state index < -0.39 is 0 Å². The monoisotopic (exact) mass is 409 g/mol. The third-order valence-electron chi connectivity index (χ3n) is 5.55. The van der Waals surface area contributed by atoms with E-state index in [2.05, 4.69) is 31.8 Å². The average Bonchev–Trinajstić information content (AvgIpc) is 3.04. The zero-order chi connectivity index (χ0) is 19.9. The Bertz CT molecular complexity index is 1130. The summed E-state index contributed by atoms with van der Waals surface area (Å²) in [6.45, 7) is 6.91. The van der Waals surface area contributed by atoms with Gasteiger partial charge in [-0.2, -0.15) is 5.26 Å². The van der Waals surface area contributed by atoms with Gasteiger partial charge in [0, 0.05) is 10.6 Å². The van der Waals surface area contributed by atoms with Gasteiger partial charge in [-0.05, 0) is 53.9 Å². The number of rotatable bonds is 3. The molecule has 1 unspecified atom stereocenters. The second-order valence-electron chi connectivity index (χ2n) is 8.46. The number of nitrogens with zero attached hydrogens (tertiary/aromatic N) is 2. The van der Waals surface area contributed by atoms with E-state index in [-0.39, 0.29) is 11.0 Å². The molecule has 4 nitrogen and oxygen atoms in total. The minimum atomic E-state index is -0.0232. The Morgan fingerprint density at radius 2 is 2.21 bits per heavy atom. The van der Waals surface area contributed by atoms with Crippen molar-refractivity contribution in [3.63, 3.8) is 0 Å². The molecule has 4 rings (SSSR count). The fraction of sp³-hybridized carbons (Fsp3) is 0.409. The van der Waals surface area contributed by atoms with E-state index in [4.69, 9.17) is 10.2 Å². The Balaban J connectivity index is 1.61. The fourth-order valence-electron chi connectivity index (χ4n) is 3.85. The predicted octanol–water partition coefficient (Wildman–Crippen LogP) is 5.30. The van der Waals surface area contributed by atoms with E-state index in [1.165, 1.54) is 22.2 Å². The number of aromatic amines is 1. The number of H-pyrrole nitrogens is 1. The highest BCUT2D eigenvalue weighted by Crippen LogP contribution is 2.42. The van der Waals surface area contributed by atoms with Gasteiger partial charge in [-0.3, -0.25) is 4.79 Å². The van der Waals surface area contributed by atoms with Crippen molar-refractivity contribution in [3.05, 3.63) is 56.2 Å². The number of hydrogen-bond acceptors (Lipinski definition) is 5. The van der Waals surface area contributed by atoms with Gasteiger partial charge in [-0.15, -0.1) is 11.3 Å². The minimum absolute atomic E-state index is 0.0232. The fourth-order valence-corrected chi connectivity index (χ4v) is 6.02. The standard InChI is InChI=1S/C22H23N3OS2/c1-22(2,3)15-7-8-16-17(10-15)28-20-18(16)19(26)24-21(25-20)27-12-14-6-4-5-13(9-14)11-23/h4-6,9,15H,7-8,10,12H2,1-3H3,(H,24,25,26). The van der Waals surface area contributed by atoms with Crippen molar-refractivity contribution < 1.29 is 0 Å². The van der Waals surface area contributed by atoms with Crippen LogP contribution in [0, 0.1) is 22.7 Å². The number of thiophene rings is 1. The highest BCUT2D eigenvalue weighted by Gasteiger charge is 2.31. The number of benzene rings is 1. The lowest BCUT2D eigenvalue weighted by Gasteiger charge is -2.33. The van der Waals surface area contributed by atoms with Crippen LogP contribution >= 0.6 is 23.1 Å². The maximum absolute atomic E-state index is 12.8. The molecule has 2 aromatic heterocycles. The lowest BCUT2D eigenvalue weighted by Crippen LogP contribution is -2.26. The Morgan fingerprint density at radius 1 is 1.39 bits per heavy atom. The summed E-state index contributed by atoms with van der Waals surface area (Å²) in [6, 6.07) is 9.70. The molecule has 0 spiro atoms. The van der Waals surface area contributed by atoms with Crippen LogP contribution in [0.4, 0.5) is 0 Å². The van der Waals surface area contributed by atoms with E-state index in [0.717, 1.165) is 35.0 Å². The predicted molar refractivity (Wildman–Crippen MR) is 116 cm³/mol. The van der Waals surface area contributed by atoms with Crippen LogP contribution in [0.5, 0.6) is 0 Å². The number of nitrogens with one attached hydrogen (secondary N) is 1. The van der Waals surface area contributed by atoms with Crippen molar-refractivity contribution in [1.82, 2.24) is 9.97 Å². The molecule has 1 atom stereocenters. The number of hydrogen-bond donors (Lipinski definition) is 1. The van der Waals surface area contributed by atoms with Crippen LogP contribution in [0.1, 0.15) is 48.8 Å². The third-order valence-corrected chi connectivity index (χ3v) is 7.65. The first kappa shape index (κ1) is 19.2. The van der Waals surface area contributed by atoms with Crippen LogP contribution in [0.2, 0.25) is 0 Å². The van der Waals surface area contributed by atoms with Gasteiger partial charge in [0.1, 0.15) is 4.83 Å². The van der Waals surface area contributed by atoms with Gasteiger partial charge >= 0.3 is 0 Å². The van der Waals surface area contributed by atoms with Gasteiger partial charge in [-0.1, -0.05) is 44.7 Å². The Hall–Kier alpha value is -2.10. The second kappa shape index (κ2) is 7.38. The molecule has 144 valence electrons. The first-order chi connectivity index (χ1) is 13.3. The molecule has 1 aliphatic rings. The molecule has 6 heteroatoms. The molecule has 2 heterocycles. The summed E-state index contributed by atoms with van der Waals surface area (Å²) in [5, 5.41) is 10.5. The summed E-state index contributed by atoms with van der Waals surface area (Å²) < 4.78 is 0.